The Morgan fingerprint density at radius 1 is 1.00 bits per heavy atom. The van der Waals surface area contributed by atoms with E-state index in [1.54, 1.807) is 0 Å². The first-order chi connectivity index (χ1) is 9.25. The van der Waals surface area contributed by atoms with Gasteiger partial charge in [0.15, 0.2) is 0 Å². The van der Waals surface area contributed by atoms with Gasteiger partial charge in [-0.15, -0.1) is 0 Å². The lowest BCUT2D eigenvalue weighted by atomic mass is 9.89. The van der Waals surface area contributed by atoms with Gasteiger partial charge in [-0.2, -0.15) is 0 Å². The molecule has 1 aliphatic heterocycles. The second kappa shape index (κ2) is 8.26. The second-order valence-corrected chi connectivity index (χ2v) is 7.07. The number of rotatable bonds is 6. The first-order valence-corrected chi connectivity index (χ1v) is 8.71. The van der Waals surface area contributed by atoms with E-state index in [2.05, 4.69) is 24.1 Å². The highest BCUT2D eigenvalue weighted by atomic mass is 15.1. The van der Waals surface area contributed by atoms with E-state index in [4.69, 9.17) is 0 Å². The van der Waals surface area contributed by atoms with Crippen LogP contribution in [0.3, 0.4) is 0 Å². The minimum absolute atomic E-state index is 0.842. The van der Waals surface area contributed by atoms with Crippen LogP contribution in [0.2, 0.25) is 0 Å². The Bertz CT molecular complexity index is 233. The summed E-state index contributed by atoms with van der Waals surface area (Å²) in [5.74, 6) is 1.85. The Morgan fingerprint density at radius 2 is 1.79 bits per heavy atom. The normalized spacial score (nSPS) is 27.0. The predicted octanol–water partition coefficient (Wildman–Crippen LogP) is 3.67. The van der Waals surface area contributed by atoms with Crippen molar-refractivity contribution in [3.05, 3.63) is 0 Å². The molecular formula is C17H34N2. The van der Waals surface area contributed by atoms with Crippen LogP contribution in [0.1, 0.15) is 65.2 Å². The number of likely N-dealkylation sites (tertiary alicyclic amines) is 1. The van der Waals surface area contributed by atoms with Gasteiger partial charge in [-0.05, 0) is 76.5 Å². The van der Waals surface area contributed by atoms with Crippen molar-refractivity contribution in [2.75, 3.05) is 26.2 Å². The summed E-state index contributed by atoms with van der Waals surface area (Å²) in [6.45, 7) is 10.0. The van der Waals surface area contributed by atoms with Gasteiger partial charge in [0.2, 0.25) is 0 Å². The Morgan fingerprint density at radius 3 is 2.53 bits per heavy atom. The molecule has 2 fully saturated rings. The lowest BCUT2D eigenvalue weighted by Crippen LogP contribution is -2.31. The Labute approximate surface area is 120 Å². The van der Waals surface area contributed by atoms with Crippen molar-refractivity contribution >= 4 is 0 Å². The molecule has 2 aliphatic rings. The highest BCUT2D eigenvalue weighted by Gasteiger charge is 2.19. The van der Waals surface area contributed by atoms with Gasteiger partial charge in [0, 0.05) is 6.04 Å². The summed E-state index contributed by atoms with van der Waals surface area (Å²) in [7, 11) is 0. The molecule has 0 radical (unpaired) electrons. The van der Waals surface area contributed by atoms with Crippen molar-refractivity contribution in [1.82, 2.24) is 10.2 Å². The predicted molar refractivity (Wildman–Crippen MR) is 83.5 cm³/mol. The number of hydrogen-bond donors (Lipinski definition) is 1. The smallest absolute Gasteiger partial charge is 0.00670 e. The zero-order valence-corrected chi connectivity index (χ0v) is 13.2. The number of hydrogen-bond acceptors (Lipinski definition) is 2. The third kappa shape index (κ3) is 5.43. The van der Waals surface area contributed by atoms with Crippen molar-refractivity contribution in [2.24, 2.45) is 11.8 Å². The largest absolute Gasteiger partial charge is 0.314 e. The van der Waals surface area contributed by atoms with Crippen LogP contribution in [0.15, 0.2) is 0 Å². The van der Waals surface area contributed by atoms with E-state index < -0.39 is 0 Å². The minimum atomic E-state index is 0.842. The van der Waals surface area contributed by atoms with Crippen LogP contribution >= 0.6 is 0 Å². The number of nitrogens with zero attached hydrogens (tertiary/aromatic N) is 1. The summed E-state index contributed by atoms with van der Waals surface area (Å²) < 4.78 is 0. The van der Waals surface area contributed by atoms with E-state index in [0.717, 1.165) is 17.9 Å². The first-order valence-electron chi connectivity index (χ1n) is 8.71. The highest BCUT2D eigenvalue weighted by molar-refractivity contribution is 4.75. The molecule has 112 valence electrons. The summed E-state index contributed by atoms with van der Waals surface area (Å²) in [6.07, 6.45) is 11.4. The Balaban J connectivity index is 1.55. The highest BCUT2D eigenvalue weighted by Crippen LogP contribution is 2.24. The quantitative estimate of drug-likeness (QED) is 0.738. The van der Waals surface area contributed by atoms with Crippen LogP contribution in [-0.4, -0.2) is 37.1 Å². The molecule has 0 aromatic rings. The lowest BCUT2D eigenvalue weighted by Gasteiger charge is -2.21. The first kappa shape index (κ1) is 15.3. The van der Waals surface area contributed by atoms with Gasteiger partial charge in [-0.25, -0.2) is 0 Å². The molecule has 0 bridgehead atoms. The summed E-state index contributed by atoms with van der Waals surface area (Å²) in [5, 5.41) is 3.74. The zero-order valence-electron chi connectivity index (χ0n) is 13.2. The molecule has 1 saturated carbocycles. The van der Waals surface area contributed by atoms with E-state index in [1.807, 2.05) is 0 Å². The SMILES string of the molecule is CC(C)C1CCCN(CCCNC2CCCC2)CC1. The van der Waals surface area contributed by atoms with Crippen LogP contribution in [0.5, 0.6) is 0 Å². The van der Waals surface area contributed by atoms with Crippen LogP contribution < -0.4 is 5.32 Å². The maximum Gasteiger partial charge on any atom is 0.00670 e. The molecule has 1 N–H and O–H groups in total. The average Bonchev–Trinajstić information content (AvgIpc) is 2.79. The van der Waals surface area contributed by atoms with Gasteiger partial charge >= 0.3 is 0 Å². The van der Waals surface area contributed by atoms with Crippen LogP contribution in [0, 0.1) is 11.8 Å². The maximum atomic E-state index is 3.74. The zero-order chi connectivity index (χ0) is 13.5. The summed E-state index contributed by atoms with van der Waals surface area (Å²) in [4.78, 5) is 2.71. The minimum Gasteiger partial charge on any atom is -0.314 e. The van der Waals surface area contributed by atoms with E-state index in [-0.39, 0.29) is 0 Å². The molecule has 0 spiro atoms. The fourth-order valence-electron chi connectivity index (χ4n) is 3.81. The van der Waals surface area contributed by atoms with Crippen molar-refractivity contribution < 1.29 is 0 Å². The van der Waals surface area contributed by atoms with Crippen molar-refractivity contribution in [3.8, 4) is 0 Å². The maximum absolute atomic E-state index is 3.74. The van der Waals surface area contributed by atoms with Gasteiger partial charge in [0.05, 0.1) is 0 Å². The molecule has 1 atom stereocenters. The molecule has 2 nitrogen and oxygen atoms in total. The molecule has 1 heterocycles. The second-order valence-electron chi connectivity index (χ2n) is 7.07. The molecule has 1 saturated heterocycles. The molecule has 2 rings (SSSR count). The van der Waals surface area contributed by atoms with Crippen LogP contribution in [-0.2, 0) is 0 Å². The summed E-state index contributed by atoms with van der Waals surface area (Å²) in [6, 6.07) is 0.842. The van der Waals surface area contributed by atoms with Crippen molar-refractivity contribution in [3.63, 3.8) is 0 Å². The molecule has 0 aromatic heterocycles. The van der Waals surface area contributed by atoms with E-state index in [9.17, 15) is 0 Å². The standard InChI is InChI=1S/C17H34N2/c1-15(2)16-7-5-12-19(14-10-16)13-6-11-18-17-8-3-4-9-17/h15-18H,3-14H2,1-2H3. The third-order valence-electron chi connectivity index (χ3n) is 5.25. The van der Waals surface area contributed by atoms with E-state index >= 15 is 0 Å². The van der Waals surface area contributed by atoms with Gasteiger partial charge in [-0.3, -0.25) is 0 Å². The average molecular weight is 266 g/mol. The van der Waals surface area contributed by atoms with Crippen molar-refractivity contribution in [1.29, 1.82) is 0 Å². The van der Waals surface area contributed by atoms with Crippen LogP contribution in [0.4, 0.5) is 0 Å². The van der Waals surface area contributed by atoms with Gasteiger partial charge in [-0.1, -0.05) is 26.7 Å². The molecule has 19 heavy (non-hydrogen) atoms. The molecule has 0 aromatic carbocycles. The van der Waals surface area contributed by atoms with Gasteiger partial charge < -0.3 is 10.2 Å². The molecule has 0 amide bonds. The third-order valence-corrected chi connectivity index (χ3v) is 5.25. The van der Waals surface area contributed by atoms with Crippen LogP contribution in [0.25, 0.3) is 0 Å². The fraction of sp³-hybridized carbons (Fsp3) is 1.00. The van der Waals surface area contributed by atoms with Gasteiger partial charge in [0.25, 0.3) is 0 Å². The molecule has 1 aliphatic carbocycles. The van der Waals surface area contributed by atoms with E-state index in [1.165, 1.54) is 77.5 Å². The molecule has 1 unspecified atom stereocenters. The Kier molecular flexibility index (Phi) is 6.66. The van der Waals surface area contributed by atoms with Gasteiger partial charge in [0.1, 0.15) is 0 Å². The summed E-state index contributed by atoms with van der Waals surface area (Å²) in [5.41, 5.74) is 0. The molecule has 2 heteroatoms. The monoisotopic (exact) mass is 266 g/mol. The summed E-state index contributed by atoms with van der Waals surface area (Å²) >= 11 is 0. The lowest BCUT2D eigenvalue weighted by molar-refractivity contribution is 0.266. The van der Waals surface area contributed by atoms with E-state index in [0.29, 0.717) is 0 Å². The Hall–Kier alpha value is -0.0800. The fourth-order valence-corrected chi connectivity index (χ4v) is 3.81. The topological polar surface area (TPSA) is 15.3 Å². The number of nitrogens with one attached hydrogen (secondary N) is 1. The van der Waals surface area contributed by atoms with Crippen molar-refractivity contribution in [2.45, 2.75) is 71.3 Å². The molecular weight excluding hydrogens is 232 g/mol.